The molecular weight excluding hydrogens is 405 g/mol. The molecule has 1 aromatic carbocycles. The van der Waals surface area contributed by atoms with Crippen molar-refractivity contribution in [2.24, 2.45) is 10.9 Å². The van der Waals surface area contributed by atoms with Gasteiger partial charge in [0.05, 0.1) is 18.5 Å². The van der Waals surface area contributed by atoms with Gasteiger partial charge in [0.15, 0.2) is 17.7 Å². The maximum absolute atomic E-state index is 14.2. The van der Waals surface area contributed by atoms with Crippen molar-refractivity contribution in [1.82, 2.24) is 10.5 Å². The van der Waals surface area contributed by atoms with Crippen LogP contribution in [0.25, 0.3) is 0 Å². The van der Waals surface area contributed by atoms with Crippen LogP contribution in [0.15, 0.2) is 51.5 Å². The SMILES string of the molecule is O=C(NOCC1CC1)C1=C[NH+]2C=NC=C2CN1Nc1ccc(Br)cc1F. The number of carbonyl (C=O) groups excluding carboxylic acids is 1. The lowest BCUT2D eigenvalue weighted by molar-refractivity contribution is -0.694. The third-order valence-electron chi connectivity index (χ3n) is 4.33. The van der Waals surface area contributed by atoms with E-state index in [0.29, 0.717) is 29.2 Å². The van der Waals surface area contributed by atoms with E-state index in [4.69, 9.17) is 4.84 Å². The number of nitrogens with zero attached hydrogens (tertiary/aromatic N) is 2. The smallest absolute Gasteiger partial charge is 0.295 e. The molecule has 3 N–H and O–H groups in total. The quantitative estimate of drug-likeness (QED) is 0.604. The topological polar surface area (TPSA) is 70.4 Å². The molecule has 136 valence electrons. The van der Waals surface area contributed by atoms with Crippen molar-refractivity contribution in [2.75, 3.05) is 18.6 Å². The maximum Gasteiger partial charge on any atom is 0.298 e. The zero-order chi connectivity index (χ0) is 18.1. The fraction of sp³-hybridized carbons (Fsp3) is 0.294. The predicted molar refractivity (Wildman–Crippen MR) is 96.9 cm³/mol. The molecule has 9 heteroatoms. The van der Waals surface area contributed by atoms with Crippen LogP contribution in [0.4, 0.5) is 10.1 Å². The number of nitrogens with one attached hydrogen (secondary N) is 3. The molecule has 3 aliphatic rings. The van der Waals surface area contributed by atoms with Gasteiger partial charge in [-0.3, -0.25) is 20.1 Å². The first-order valence-corrected chi connectivity index (χ1v) is 9.12. The lowest BCUT2D eigenvalue weighted by atomic mass is 10.2. The number of rotatable bonds is 6. The first kappa shape index (κ1) is 17.2. The number of amides is 1. The summed E-state index contributed by atoms with van der Waals surface area (Å²) in [5, 5.41) is 1.59. The molecule has 4 rings (SSSR count). The molecule has 0 radical (unpaired) electrons. The van der Waals surface area contributed by atoms with Crippen LogP contribution < -0.4 is 15.8 Å². The largest absolute Gasteiger partial charge is 0.298 e. The molecule has 1 aromatic rings. The summed E-state index contributed by atoms with van der Waals surface area (Å²) in [6.45, 7) is 0.893. The number of anilines is 1. The van der Waals surface area contributed by atoms with Crippen molar-refractivity contribution < 1.29 is 18.9 Å². The van der Waals surface area contributed by atoms with E-state index >= 15 is 0 Å². The highest BCUT2D eigenvalue weighted by atomic mass is 79.9. The first-order valence-electron chi connectivity index (χ1n) is 8.33. The molecule has 1 saturated carbocycles. The zero-order valence-corrected chi connectivity index (χ0v) is 15.4. The Kier molecular flexibility index (Phi) is 4.75. The minimum absolute atomic E-state index is 0.272. The summed E-state index contributed by atoms with van der Waals surface area (Å²) >= 11 is 3.24. The van der Waals surface area contributed by atoms with Gasteiger partial charge >= 0.3 is 0 Å². The summed E-state index contributed by atoms with van der Waals surface area (Å²) < 4.78 is 14.8. The van der Waals surface area contributed by atoms with Crippen molar-refractivity contribution in [3.63, 3.8) is 0 Å². The average molecular weight is 423 g/mol. The van der Waals surface area contributed by atoms with Crippen molar-refractivity contribution in [2.45, 2.75) is 12.8 Å². The van der Waals surface area contributed by atoms with Crippen LogP contribution in [0.3, 0.4) is 0 Å². The van der Waals surface area contributed by atoms with Gasteiger partial charge in [-0.25, -0.2) is 19.8 Å². The van der Waals surface area contributed by atoms with Gasteiger partial charge in [-0.05, 0) is 37.0 Å². The Morgan fingerprint density at radius 3 is 3.08 bits per heavy atom. The van der Waals surface area contributed by atoms with E-state index in [-0.39, 0.29) is 11.6 Å². The van der Waals surface area contributed by atoms with Gasteiger partial charge in [0.25, 0.3) is 5.91 Å². The van der Waals surface area contributed by atoms with E-state index in [9.17, 15) is 9.18 Å². The molecule has 1 aliphatic carbocycles. The van der Waals surface area contributed by atoms with Gasteiger partial charge in [0.1, 0.15) is 18.6 Å². The van der Waals surface area contributed by atoms with E-state index < -0.39 is 5.82 Å². The molecule has 2 aliphatic heterocycles. The molecular formula is C17H18BrFN5O2+. The minimum Gasteiger partial charge on any atom is -0.295 e. The Morgan fingerprint density at radius 2 is 2.31 bits per heavy atom. The first-order chi connectivity index (χ1) is 12.6. The number of hydroxylamine groups is 1. The summed E-state index contributed by atoms with van der Waals surface area (Å²) in [6, 6.07) is 4.70. The zero-order valence-electron chi connectivity index (χ0n) is 13.8. The van der Waals surface area contributed by atoms with Crippen LogP contribution in [0.5, 0.6) is 0 Å². The Morgan fingerprint density at radius 1 is 1.46 bits per heavy atom. The van der Waals surface area contributed by atoms with Crippen molar-refractivity contribution >= 4 is 33.9 Å². The number of carbonyl (C=O) groups is 1. The lowest BCUT2D eigenvalue weighted by Gasteiger charge is -2.31. The van der Waals surface area contributed by atoms with Crippen LogP contribution in [0.1, 0.15) is 12.8 Å². The molecule has 1 fully saturated rings. The lowest BCUT2D eigenvalue weighted by Crippen LogP contribution is -3.05. The van der Waals surface area contributed by atoms with Gasteiger partial charge in [0.2, 0.25) is 0 Å². The second kappa shape index (κ2) is 7.18. The highest BCUT2D eigenvalue weighted by molar-refractivity contribution is 9.10. The van der Waals surface area contributed by atoms with E-state index in [1.807, 2.05) is 0 Å². The van der Waals surface area contributed by atoms with Crippen LogP contribution in [0, 0.1) is 11.7 Å². The third-order valence-corrected chi connectivity index (χ3v) is 4.82. The van der Waals surface area contributed by atoms with Crippen LogP contribution in [0.2, 0.25) is 0 Å². The van der Waals surface area contributed by atoms with Crippen LogP contribution in [-0.2, 0) is 9.63 Å². The fourth-order valence-corrected chi connectivity index (χ4v) is 3.02. The van der Waals surface area contributed by atoms with Gasteiger partial charge in [-0.15, -0.1) is 0 Å². The summed E-state index contributed by atoms with van der Waals surface area (Å²) in [6.07, 6.45) is 7.42. The minimum atomic E-state index is -0.421. The molecule has 2 heterocycles. The number of aliphatic imine (C=N–C) groups is 1. The third kappa shape index (κ3) is 3.79. The molecule has 1 atom stereocenters. The van der Waals surface area contributed by atoms with Gasteiger partial charge in [-0.2, -0.15) is 0 Å². The van der Waals surface area contributed by atoms with Crippen molar-refractivity contribution in [3.8, 4) is 0 Å². The molecule has 0 saturated heterocycles. The summed E-state index contributed by atoms with van der Waals surface area (Å²) in [4.78, 5) is 22.8. The number of fused-ring (bicyclic) bond motifs is 1. The van der Waals surface area contributed by atoms with Crippen LogP contribution in [-0.4, -0.2) is 30.4 Å². The second-order valence-electron chi connectivity index (χ2n) is 6.43. The Bertz CT molecular complexity index is 821. The van der Waals surface area contributed by atoms with Crippen molar-refractivity contribution in [3.05, 3.63) is 52.3 Å². The fourth-order valence-electron chi connectivity index (χ4n) is 2.68. The number of hydrazine groups is 1. The van der Waals surface area contributed by atoms with Crippen LogP contribution >= 0.6 is 15.9 Å². The number of hydrogen-bond acceptors (Lipinski definition) is 5. The molecule has 0 aromatic heterocycles. The molecule has 26 heavy (non-hydrogen) atoms. The van der Waals surface area contributed by atoms with Gasteiger partial charge in [0, 0.05) is 4.47 Å². The van der Waals surface area contributed by atoms with E-state index in [1.165, 1.54) is 6.07 Å². The van der Waals surface area contributed by atoms with Gasteiger partial charge < -0.3 is 0 Å². The second-order valence-corrected chi connectivity index (χ2v) is 7.34. The van der Waals surface area contributed by atoms with Crippen molar-refractivity contribution in [1.29, 1.82) is 0 Å². The standard InChI is InChI=1S/C17H17BrFN5O2/c18-12-3-4-15(14(19)5-12)21-24-7-13-6-20-10-23(13)8-16(24)17(25)22-26-9-11-1-2-11/h3-6,8,10-11,21H,1-2,7,9H2,(H,22,25)/p+1. The molecule has 0 spiro atoms. The molecule has 0 bridgehead atoms. The highest BCUT2D eigenvalue weighted by Gasteiger charge is 2.33. The van der Waals surface area contributed by atoms with E-state index in [0.717, 1.165) is 23.4 Å². The van der Waals surface area contributed by atoms with E-state index in [1.54, 1.807) is 35.9 Å². The summed E-state index contributed by atoms with van der Waals surface area (Å²) in [5.41, 5.74) is 7.01. The number of benzene rings is 1. The Balaban J connectivity index is 1.51. The number of hydrogen-bond donors (Lipinski definition) is 3. The highest BCUT2D eigenvalue weighted by Crippen LogP contribution is 2.28. The molecule has 1 amide bonds. The number of halogens is 2. The normalized spacial score (nSPS) is 21.2. The monoisotopic (exact) mass is 422 g/mol. The van der Waals surface area contributed by atoms with Gasteiger partial charge in [-0.1, -0.05) is 15.9 Å². The summed E-state index contributed by atoms with van der Waals surface area (Å²) in [5.74, 6) is -0.273. The summed E-state index contributed by atoms with van der Waals surface area (Å²) in [7, 11) is 0. The molecule has 1 unspecified atom stereocenters. The predicted octanol–water partition coefficient (Wildman–Crippen LogP) is 1.30. The molecule has 7 nitrogen and oxygen atoms in total. The maximum atomic E-state index is 14.2. The average Bonchev–Trinajstić information content (AvgIpc) is 3.32. The van der Waals surface area contributed by atoms with E-state index in [2.05, 4.69) is 31.8 Å². The Hall–Kier alpha value is -2.23. The number of quaternary nitrogens is 1. The Labute approximate surface area is 158 Å².